The van der Waals surface area contributed by atoms with Crippen LogP contribution in [-0.4, -0.2) is 5.78 Å². The Morgan fingerprint density at radius 3 is 2.30 bits per heavy atom. The summed E-state index contributed by atoms with van der Waals surface area (Å²) in [6.45, 7) is 10.8. The Morgan fingerprint density at radius 2 is 1.80 bits per heavy atom. The molecule has 1 aliphatic carbocycles. The van der Waals surface area contributed by atoms with E-state index in [-0.39, 0.29) is 10.8 Å². The molecule has 1 heteroatoms. The van der Waals surface area contributed by atoms with E-state index in [4.69, 9.17) is 0 Å². The Hall–Kier alpha value is -1.37. The maximum absolute atomic E-state index is 12.2. The molecule has 1 aromatic carbocycles. The van der Waals surface area contributed by atoms with E-state index >= 15 is 0 Å². The molecule has 108 valence electrons. The Balaban J connectivity index is 2.34. The van der Waals surface area contributed by atoms with Crippen LogP contribution in [0.4, 0.5) is 0 Å². The third-order valence-electron chi connectivity index (χ3n) is 4.68. The fourth-order valence-electron chi connectivity index (χ4n) is 3.32. The lowest BCUT2D eigenvalue weighted by Crippen LogP contribution is -2.25. The van der Waals surface area contributed by atoms with Crippen LogP contribution in [0.25, 0.3) is 0 Å². The van der Waals surface area contributed by atoms with E-state index in [1.54, 1.807) is 0 Å². The van der Waals surface area contributed by atoms with E-state index in [9.17, 15) is 4.79 Å². The molecule has 20 heavy (non-hydrogen) atoms. The molecule has 1 fully saturated rings. The molecule has 1 saturated carbocycles. The van der Waals surface area contributed by atoms with Crippen LogP contribution < -0.4 is 0 Å². The van der Waals surface area contributed by atoms with Crippen molar-refractivity contribution < 1.29 is 4.79 Å². The second kappa shape index (κ2) is 5.20. The first kappa shape index (κ1) is 15.0. The molecule has 0 N–H and O–H groups in total. The van der Waals surface area contributed by atoms with Crippen molar-refractivity contribution in [2.45, 2.75) is 58.8 Å². The molecule has 1 aliphatic rings. The van der Waals surface area contributed by atoms with Gasteiger partial charge in [-0.2, -0.15) is 0 Å². The SMILES string of the molecule is C/C=C/[C@@]1(C)C(=O)CC[C@@H]1c1ccc(C(C)(C)C)cc1. The highest BCUT2D eigenvalue weighted by atomic mass is 16.1. The largest absolute Gasteiger partial charge is 0.299 e. The molecular formula is C19H26O. The summed E-state index contributed by atoms with van der Waals surface area (Å²) in [6.07, 6.45) is 5.77. The number of rotatable bonds is 2. The minimum Gasteiger partial charge on any atom is -0.299 e. The molecular weight excluding hydrogens is 244 g/mol. The smallest absolute Gasteiger partial charge is 0.143 e. The van der Waals surface area contributed by atoms with Gasteiger partial charge >= 0.3 is 0 Å². The molecule has 0 aliphatic heterocycles. The van der Waals surface area contributed by atoms with Gasteiger partial charge in [-0.15, -0.1) is 0 Å². The molecule has 0 heterocycles. The second-order valence-corrected chi connectivity index (χ2v) is 7.17. The molecule has 0 saturated heterocycles. The highest BCUT2D eigenvalue weighted by molar-refractivity contribution is 5.90. The van der Waals surface area contributed by atoms with Crippen LogP contribution in [0, 0.1) is 5.41 Å². The Morgan fingerprint density at radius 1 is 1.20 bits per heavy atom. The summed E-state index contributed by atoms with van der Waals surface area (Å²) in [7, 11) is 0. The third-order valence-corrected chi connectivity index (χ3v) is 4.68. The highest BCUT2D eigenvalue weighted by Crippen LogP contribution is 2.48. The van der Waals surface area contributed by atoms with Gasteiger partial charge in [-0.25, -0.2) is 0 Å². The van der Waals surface area contributed by atoms with Crippen LogP contribution >= 0.6 is 0 Å². The van der Waals surface area contributed by atoms with Crippen molar-refractivity contribution in [2.24, 2.45) is 5.41 Å². The zero-order valence-corrected chi connectivity index (χ0v) is 13.4. The third kappa shape index (κ3) is 2.59. The number of benzene rings is 1. The quantitative estimate of drug-likeness (QED) is 0.690. The Kier molecular flexibility index (Phi) is 3.90. The first-order chi connectivity index (χ1) is 9.29. The molecule has 0 unspecified atom stereocenters. The summed E-state index contributed by atoms with van der Waals surface area (Å²) in [4.78, 5) is 12.2. The number of carbonyl (C=O) groups is 1. The van der Waals surface area contributed by atoms with Crippen molar-refractivity contribution in [3.8, 4) is 0 Å². The van der Waals surface area contributed by atoms with Gasteiger partial charge in [0, 0.05) is 12.3 Å². The van der Waals surface area contributed by atoms with Gasteiger partial charge in [-0.1, -0.05) is 57.2 Å². The molecule has 2 rings (SSSR count). The van der Waals surface area contributed by atoms with Gasteiger partial charge in [0.25, 0.3) is 0 Å². The predicted molar refractivity (Wildman–Crippen MR) is 85.0 cm³/mol. The summed E-state index contributed by atoms with van der Waals surface area (Å²) < 4.78 is 0. The molecule has 0 amide bonds. The van der Waals surface area contributed by atoms with Crippen LogP contribution in [0.2, 0.25) is 0 Å². The zero-order chi connectivity index (χ0) is 15.0. The van der Waals surface area contributed by atoms with Crippen molar-refractivity contribution in [3.63, 3.8) is 0 Å². The van der Waals surface area contributed by atoms with Gasteiger partial charge in [0.2, 0.25) is 0 Å². The van der Waals surface area contributed by atoms with E-state index in [1.807, 2.05) is 13.0 Å². The lowest BCUT2D eigenvalue weighted by molar-refractivity contribution is -0.123. The normalized spacial score (nSPS) is 27.4. The van der Waals surface area contributed by atoms with Crippen molar-refractivity contribution in [2.75, 3.05) is 0 Å². The maximum atomic E-state index is 12.2. The molecule has 0 spiro atoms. The first-order valence-electron chi connectivity index (χ1n) is 7.56. The zero-order valence-electron chi connectivity index (χ0n) is 13.4. The summed E-state index contributed by atoms with van der Waals surface area (Å²) in [5.74, 6) is 0.695. The molecule has 1 nitrogen and oxygen atoms in total. The molecule has 2 atom stereocenters. The minimum absolute atomic E-state index is 0.177. The minimum atomic E-state index is -0.321. The summed E-state index contributed by atoms with van der Waals surface area (Å²) in [5, 5.41) is 0. The van der Waals surface area contributed by atoms with E-state index < -0.39 is 0 Å². The van der Waals surface area contributed by atoms with Crippen LogP contribution in [0.5, 0.6) is 0 Å². The average Bonchev–Trinajstić information content (AvgIpc) is 2.66. The van der Waals surface area contributed by atoms with Gasteiger partial charge in [-0.05, 0) is 36.8 Å². The number of hydrogen-bond donors (Lipinski definition) is 0. The van der Waals surface area contributed by atoms with Crippen molar-refractivity contribution >= 4 is 5.78 Å². The van der Waals surface area contributed by atoms with Gasteiger partial charge < -0.3 is 0 Å². The topological polar surface area (TPSA) is 17.1 Å². The number of carbonyl (C=O) groups excluding carboxylic acids is 1. The standard InChI is InChI=1S/C19H26O/c1-6-13-19(5)16(11-12-17(19)20)14-7-9-15(10-8-14)18(2,3)4/h6-10,13,16H,11-12H2,1-5H3/b13-6+/t16-,19-/m1/s1. The summed E-state index contributed by atoms with van der Waals surface area (Å²) in [6, 6.07) is 8.86. The molecule has 0 bridgehead atoms. The number of hydrogen-bond acceptors (Lipinski definition) is 1. The number of Topliss-reactive ketones (excluding diaryl/α,β-unsaturated/α-hetero) is 1. The molecule has 1 aromatic rings. The fourth-order valence-corrected chi connectivity index (χ4v) is 3.32. The van der Waals surface area contributed by atoms with Crippen LogP contribution in [0.3, 0.4) is 0 Å². The van der Waals surface area contributed by atoms with Crippen LogP contribution in [-0.2, 0) is 10.2 Å². The predicted octanol–water partition coefficient (Wildman–Crippen LogP) is 5.01. The molecule has 0 aromatic heterocycles. The summed E-state index contributed by atoms with van der Waals surface area (Å²) in [5.41, 5.74) is 2.50. The number of ketones is 1. The number of allylic oxidation sites excluding steroid dienone is 2. The van der Waals surface area contributed by atoms with E-state index in [0.717, 1.165) is 6.42 Å². The lowest BCUT2D eigenvalue weighted by atomic mass is 9.74. The summed E-state index contributed by atoms with van der Waals surface area (Å²) >= 11 is 0. The lowest BCUT2D eigenvalue weighted by Gasteiger charge is -2.28. The van der Waals surface area contributed by atoms with E-state index in [1.165, 1.54) is 11.1 Å². The maximum Gasteiger partial charge on any atom is 0.143 e. The van der Waals surface area contributed by atoms with E-state index in [0.29, 0.717) is 18.1 Å². The Labute approximate surface area is 123 Å². The first-order valence-corrected chi connectivity index (χ1v) is 7.56. The van der Waals surface area contributed by atoms with Gasteiger partial charge in [0.05, 0.1) is 5.41 Å². The van der Waals surface area contributed by atoms with Crippen molar-refractivity contribution in [1.29, 1.82) is 0 Å². The second-order valence-electron chi connectivity index (χ2n) is 7.17. The Bertz CT molecular complexity index is 516. The monoisotopic (exact) mass is 270 g/mol. The molecule has 0 radical (unpaired) electrons. The highest BCUT2D eigenvalue weighted by Gasteiger charge is 2.44. The van der Waals surface area contributed by atoms with Crippen LogP contribution in [0.15, 0.2) is 36.4 Å². The van der Waals surface area contributed by atoms with Crippen molar-refractivity contribution in [1.82, 2.24) is 0 Å². The average molecular weight is 270 g/mol. The van der Waals surface area contributed by atoms with Gasteiger partial charge in [-0.3, -0.25) is 4.79 Å². The fraction of sp³-hybridized carbons (Fsp3) is 0.526. The van der Waals surface area contributed by atoms with Gasteiger partial charge in [0.15, 0.2) is 0 Å². The van der Waals surface area contributed by atoms with E-state index in [2.05, 4.69) is 58.0 Å². The van der Waals surface area contributed by atoms with Gasteiger partial charge in [0.1, 0.15) is 5.78 Å². The van der Waals surface area contributed by atoms with Crippen molar-refractivity contribution in [3.05, 3.63) is 47.5 Å². The van der Waals surface area contributed by atoms with Crippen LogP contribution in [0.1, 0.15) is 64.5 Å².